The zero-order valence-corrected chi connectivity index (χ0v) is 13.1. The standard InChI is InChI=1S/C19H16N2O3/c1-13-18(21-17-8-3-2-7-16(17)20-13)12-24-15-6-4-5-14(11-15)9-10-19(22)23/h2-11H,12H2,1H3,(H,22,23). The SMILES string of the molecule is Cc1nc2ccccc2nc1COc1cccc(C=CC(=O)O)c1. The number of fused-ring (bicyclic) bond motifs is 1. The molecule has 0 radical (unpaired) electrons. The fraction of sp³-hybridized carbons (Fsp3) is 0.105. The highest BCUT2D eigenvalue weighted by atomic mass is 16.5. The second-order valence-electron chi connectivity index (χ2n) is 5.28. The summed E-state index contributed by atoms with van der Waals surface area (Å²) in [6.07, 6.45) is 2.62. The molecule has 1 N–H and O–H groups in total. The van der Waals surface area contributed by atoms with Crippen molar-refractivity contribution in [3.63, 3.8) is 0 Å². The lowest BCUT2D eigenvalue weighted by Gasteiger charge is -2.09. The molecule has 0 unspecified atom stereocenters. The molecule has 0 amide bonds. The molecule has 0 fully saturated rings. The summed E-state index contributed by atoms with van der Waals surface area (Å²) in [6.45, 7) is 2.21. The van der Waals surface area contributed by atoms with Crippen LogP contribution in [0.2, 0.25) is 0 Å². The molecule has 1 aromatic heterocycles. The van der Waals surface area contributed by atoms with Crippen LogP contribution >= 0.6 is 0 Å². The number of aromatic nitrogens is 2. The highest BCUT2D eigenvalue weighted by Gasteiger charge is 2.06. The molecule has 120 valence electrons. The molecule has 0 aliphatic rings. The predicted molar refractivity (Wildman–Crippen MR) is 91.7 cm³/mol. The quantitative estimate of drug-likeness (QED) is 0.727. The minimum absolute atomic E-state index is 0.301. The molecule has 2 aromatic carbocycles. The third kappa shape index (κ3) is 3.76. The van der Waals surface area contributed by atoms with Gasteiger partial charge in [0, 0.05) is 6.08 Å². The molecule has 1 heterocycles. The number of carboxylic acids is 1. The maximum Gasteiger partial charge on any atom is 0.328 e. The van der Waals surface area contributed by atoms with Crippen molar-refractivity contribution >= 4 is 23.1 Å². The smallest absolute Gasteiger partial charge is 0.328 e. The van der Waals surface area contributed by atoms with Crippen LogP contribution in [0, 0.1) is 6.92 Å². The topological polar surface area (TPSA) is 72.3 Å². The number of benzene rings is 2. The van der Waals surface area contributed by atoms with E-state index in [0.717, 1.165) is 34.1 Å². The first-order chi connectivity index (χ1) is 11.6. The number of ether oxygens (including phenoxy) is 1. The Hall–Kier alpha value is -3.21. The summed E-state index contributed by atoms with van der Waals surface area (Å²) in [7, 11) is 0. The van der Waals surface area contributed by atoms with E-state index in [1.165, 1.54) is 6.08 Å². The number of para-hydroxylation sites is 2. The van der Waals surface area contributed by atoms with Crippen LogP contribution in [0.25, 0.3) is 17.1 Å². The van der Waals surface area contributed by atoms with Crippen LogP contribution in [0.4, 0.5) is 0 Å². The molecule has 0 atom stereocenters. The van der Waals surface area contributed by atoms with Crippen molar-refractivity contribution in [2.24, 2.45) is 0 Å². The first-order valence-electron chi connectivity index (χ1n) is 7.48. The minimum Gasteiger partial charge on any atom is -0.487 e. The van der Waals surface area contributed by atoms with Crippen LogP contribution < -0.4 is 4.74 Å². The second-order valence-corrected chi connectivity index (χ2v) is 5.28. The average Bonchev–Trinajstić information content (AvgIpc) is 2.58. The Bertz CT molecular complexity index is 919. The van der Waals surface area contributed by atoms with Gasteiger partial charge in [-0.1, -0.05) is 24.3 Å². The molecule has 5 heteroatoms. The molecule has 3 rings (SSSR count). The van der Waals surface area contributed by atoms with Gasteiger partial charge in [-0.15, -0.1) is 0 Å². The van der Waals surface area contributed by atoms with Crippen LogP contribution in [-0.2, 0) is 11.4 Å². The van der Waals surface area contributed by atoms with Crippen molar-refractivity contribution in [1.29, 1.82) is 0 Å². The van der Waals surface area contributed by atoms with Crippen molar-refractivity contribution in [2.45, 2.75) is 13.5 Å². The molecule has 0 aliphatic carbocycles. The number of hydrogen-bond acceptors (Lipinski definition) is 4. The van der Waals surface area contributed by atoms with Gasteiger partial charge < -0.3 is 9.84 Å². The lowest BCUT2D eigenvalue weighted by Crippen LogP contribution is -2.03. The Balaban J connectivity index is 1.77. The number of hydrogen-bond donors (Lipinski definition) is 1. The van der Waals surface area contributed by atoms with E-state index in [-0.39, 0.29) is 0 Å². The highest BCUT2D eigenvalue weighted by Crippen LogP contribution is 2.18. The van der Waals surface area contributed by atoms with Gasteiger partial charge >= 0.3 is 5.97 Å². The molecule has 3 aromatic rings. The van der Waals surface area contributed by atoms with Crippen LogP contribution in [0.5, 0.6) is 5.75 Å². The van der Waals surface area contributed by atoms with Gasteiger partial charge in [0.15, 0.2) is 0 Å². The molecule has 0 saturated heterocycles. The molecular formula is C19H16N2O3. The number of carbonyl (C=O) groups is 1. The monoisotopic (exact) mass is 320 g/mol. The van der Waals surface area contributed by atoms with E-state index in [1.807, 2.05) is 49.4 Å². The van der Waals surface area contributed by atoms with Crippen molar-refractivity contribution in [3.05, 3.63) is 71.6 Å². The Labute approximate surface area is 139 Å². The van der Waals surface area contributed by atoms with Gasteiger partial charge in [-0.3, -0.25) is 0 Å². The fourth-order valence-corrected chi connectivity index (χ4v) is 2.29. The normalized spacial score (nSPS) is 11.0. The first-order valence-corrected chi connectivity index (χ1v) is 7.48. The van der Waals surface area contributed by atoms with Crippen molar-refractivity contribution in [2.75, 3.05) is 0 Å². The third-order valence-electron chi connectivity index (χ3n) is 3.49. The fourth-order valence-electron chi connectivity index (χ4n) is 2.29. The number of rotatable bonds is 5. The summed E-state index contributed by atoms with van der Waals surface area (Å²) in [5, 5.41) is 8.68. The minimum atomic E-state index is -0.983. The van der Waals surface area contributed by atoms with Crippen molar-refractivity contribution < 1.29 is 14.6 Å². The van der Waals surface area contributed by atoms with E-state index in [9.17, 15) is 4.79 Å². The number of carboxylic acid groups (broad SMARTS) is 1. The van der Waals surface area contributed by atoms with Crippen molar-refractivity contribution in [1.82, 2.24) is 9.97 Å². The highest BCUT2D eigenvalue weighted by molar-refractivity contribution is 5.85. The van der Waals surface area contributed by atoms with Crippen LogP contribution in [0.1, 0.15) is 17.0 Å². The maximum absolute atomic E-state index is 10.6. The summed E-state index contributed by atoms with van der Waals surface area (Å²) < 4.78 is 5.79. The van der Waals surface area contributed by atoms with Crippen LogP contribution in [0.15, 0.2) is 54.6 Å². The Morgan fingerprint density at radius 1 is 1.12 bits per heavy atom. The Morgan fingerprint density at radius 3 is 2.62 bits per heavy atom. The largest absolute Gasteiger partial charge is 0.487 e. The maximum atomic E-state index is 10.6. The van der Waals surface area contributed by atoms with Gasteiger partial charge in [0.05, 0.1) is 22.4 Å². The van der Waals surface area contributed by atoms with Gasteiger partial charge in [-0.05, 0) is 42.8 Å². The molecule has 0 saturated carbocycles. The predicted octanol–water partition coefficient (Wildman–Crippen LogP) is 3.62. The van der Waals surface area contributed by atoms with E-state index in [0.29, 0.717) is 12.4 Å². The number of aliphatic carboxylic acids is 1. The van der Waals surface area contributed by atoms with Gasteiger partial charge in [-0.25, -0.2) is 14.8 Å². The zero-order chi connectivity index (χ0) is 16.9. The molecule has 0 bridgehead atoms. The molecule has 0 aliphatic heterocycles. The van der Waals surface area contributed by atoms with E-state index < -0.39 is 5.97 Å². The van der Waals surface area contributed by atoms with E-state index in [1.54, 1.807) is 6.07 Å². The van der Waals surface area contributed by atoms with Gasteiger partial charge in [0.25, 0.3) is 0 Å². The molecule has 24 heavy (non-hydrogen) atoms. The summed E-state index contributed by atoms with van der Waals surface area (Å²) in [4.78, 5) is 19.7. The second kappa shape index (κ2) is 6.91. The Kier molecular flexibility index (Phi) is 4.52. The van der Waals surface area contributed by atoms with Gasteiger partial charge in [-0.2, -0.15) is 0 Å². The number of aryl methyl sites for hydroxylation is 1. The van der Waals surface area contributed by atoms with Gasteiger partial charge in [0.2, 0.25) is 0 Å². The Morgan fingerprint density at radius 2 is 1.88 bits per heavy atom. The number of nitrogens with zero attached hydrogens (tertiary/aromatic N) is 2. The van der Waals surface area contributed by atoms with E-state index in [4.69, 9.17) is 9.84 Å². The molecule has 0 spiro atoms. The summed E-state index contributed by atoms with van der Waals surface area (Å²) >= 11 is 0. The summed E-state index contributed by atoms with van der Waals surface area (Å²) in [5.41, 5.74) is 4.06. The van der Waals surface area contributed by atoms with Gasteiger partial charge in [0.1, 0.15) is 12.4 Å². The third-order valence-corrected chi connectivity index (χ3v) is 3.49. The average molecular weight is 320 g/mol. The van der Waals surface area contributed by atoms with Crippen molar-refractivity contribution in [3.8, 4) is 5.75 Å². The van der Waals surface area contributed by atoms with E-state index in [2.05, 4.69) is 9.97 Å². The van der Waals surface area contributed by atoms with Crippen LogP contribution in [0.3, 0.4) is 0 Å². The lowest BCUT2D eigenvalue weighted by molar-refractivity contribution is -0.131. The molecule has 5 nitrogen and oxygen atoms in total. The zero-order valence-electron chi connectivity index (χ0n) is 13.1. The summed E-state index contributed by atoms with van der Waals surface area (Å²) in [5.74, 6) is -0.333. The lowest BCUT2D eigenvalue weighted by atomic mass is 10.2. The molecular weight excluding hydrogens is 304 g/mol. The summed E-state index contributed by atoms with van der Waals surface area (Å²) in [6, 6.07) is 14.9. The van der Waals surface area contributed by atoms with E-state index >= 15 is 0 Å². The van der Waals surface area contributed by atoms with Crippen LogP contribution in [-0.4, -0.2) is 21.0 Å². The first kappa shape index (κ1) is 15.7.